The van der Waals surface area contributed by atoms with Crippen molar-refractivity contribution < 1.29 is 33.8 Å². The maximum atomic E-state index is 13.5. The number of ether oxygens (including phenoxy) is 1. The number of nitrogens with one attached hydrogen (secondary N) is 1. The zero-order chi connectivity index (χ0) is 33.8. The monoisotopic (exact) mass is 666 g/mol. The Hall–Kier alpha value is -4.09. The van der Waals surface area contributed by atoms with E-state index in [4.69, 9.17) is 21.4 Å². The first-order valence-corrected chi connectivity index (χ1v) is 16.5. The molecular weight excluding hydrogens is 625 g/mol. The predicted molar refractivity (Wildman–Crippen MR) is 186 cm³/mol. The lowest BCUT2D eigenvalue weighted by Gasteiger charge is -2.28. The third-order valence-corrected chi connectivity index (χ3v) is 8.86. The van der Waals surface area contributed by atoms with Crippen LogP contribution >= 0.6 is 24.0 Å². The summed E-state index contributed by atoms with van der Waals surface area (Å²) in [7, 11) is 3.23. The van der Waals surface area contributed by atoms with Crippen LogP contribution in [0.15, 0.2) is 63.9 Å². The Kier molecular flexibility index (Phi) is 13.9. The molecule has 3 aromatic rings. The Morgan fingerprint density at radius 1 is 1.11 bits per heavy atom. The van der Waals surface area contributed by atoms with Crippen molar-refractivity contribution in [1.29, 1.82) is 0 Å². The highest BCUT2D eigenvalue weighted by atomic mass is 32.2. The van der Waals surface area contributed by atoms with Gasteiger partial charge in [-0.3, -0.25) is 9.59 Å². The number of thioether (sulfide) groups is 1. The predicted octanol–water partition coefficient (Wildman–Crippen LogP) is 7.18. The van der Waals surface area contributed by atoms with E-state index in [1.165, 1.54) is 23.9 Å². The van der Waals surface area contributed by atoms with E-state index in [-0.39, 0.29) is 35.4 Å². The molecule has 2 aromatic carbocycles. The normalized spacial score (nSPS) is 13.4. The number of nitrogens with zero attached hydrogens (tertiary/aromatic N) is 1. The molecule has 11 heteroatoms. The fraction of sp³-hybridized carbons (Fsp3) is 0.371. The fourth-order valence-electron chi connectivity index (χ4n) is 5.17. The molecule has 246 valence electrons. The molecule has 0 aliphatic carbocycles. The SMILES string of the molecule is CCCC(CC)CC(C)N(C)C(=O)/C(=C/c1ccc(-c2ccc(OC)c(C(=O)NC(Cc3ccc(O)cc3)C(=O)O)c2)o1)SC=S. The highest BCUT2D eigenvalue weighted by Gasteiger charge is 2.25. The van der Waals surface area contributed by atoms with Crippen molar-refractivity contribution in [2.24, 2.45) is 5.92 Å². The third kappa shape index (κ3) is 9.95. The van der Waals surface area contributed by atoms with E-state index in [2.05, 4.69) is 26.1 Å². The standard InChI is InChI=1S/C35H42N2O7S2/c1-6-8-23(7-2)17-22(3)37(4)34(40)32(46-21-45)20-27-14-16-30(44-27)25-11-15-31(43-5)28(19-25)33(39)36-29(35(41)42)18-24-9-12-26(38)13-10-24/h9-16,19-23,29,38H,6-8,17-18H2,1-5H3,(H,36,39)(H,41,42)/b32-20-. The van der Waals surface area contributed by atoms with Crippen LogP contribution in [0.1, 0.15) is 68.1 Å². The number of phenolic OH excluding ortho intramolecular Hbond substituents is 1. The minimum Gasteiger partial charge on any atom is -0.508 e. The molecule has 2 amide bonds. The second-order valence-electron chi connectivity index (χ2n) is 11.1. The fourth-order valence-corrected chi connectivity index (χ4v) is 6.01. The first kappa shape index (κ1) is 36.4. The van der Waals surface area contributed by atoms with E-state index in [1.807, 2.05) is 0 Å². The van der Waals surface area contributed by atoms with E-state index in [1.54, 1.807) is 60.5 Å². The molecule has 3 atom stereocenters. The molecule has 3 rings (SSSR count). The van der Waals surface area contributed by atoms with Crippen LogP contribution in [0.4, 0.5) is 0 Å². The van der Waals surface area contributed by atoms with Crippen LogP contribution in [0, 0.1) is 5.92 Å². The summed E-state index contributed by atoms with van der Waals surface area (Å²) < 4.78 is 12.9. The number of carboxylic acids is 1. The Labute approximate surface area is 280 Å². The summed E-state index contributed by atoms with van der Waals surface area (Å²) in [6, 6.07) is 13.3. The molecule has 0 bridgehead atoms. The second kappa shape index (κ2) is 17.6. The summed E-state index contributed by atoms with van der Waals surface area (Å²) >= 11 is 6.23. The van der Waals surface area contributed by atoms with E-state index < -0.39 is 17.9 Å². The smallest absolute Gasteiger partial charge is 0.326 e. The molecule has 3 unspecified atom stereocenters. The van der Waals surface area contributed by atoms with E-state index >= 15 is 0 Å². The van der Waals surface area contributed by atoms with Gasteiger partial charge in [-0.25, -0.2) is 4.79 Å². The summed E-state index contributed by atoms with van der Waals surface area (Å²) in [5.41, 5.74) is 1.31. The topological polar surface area (TPSA) is 129 Å². The van der Waals surface area contributed by atoms with Crippen molar-refractivity contribution in [1.82, 2.24) is 10.2 Å². The van der Waals surface area contributed by atoms with E-state index in [0.717, 1.165) is 37.4 Å². The molecule has 46 heavy (non-hydrogen) atoms. The number of furan rings is 1. The molecule has 9 nitrogen and oxygen atoms in total. The van der Waals surface area contributed by atoms with Gasteiger partial charge in [-0.05, 0) is 67.3 Å². The molecule has 1 aromatic heterocycles. The molecule has 1 heterocycles. The summed E-state index contributed by atoms with van der Waals surface area (Å²) in [4.78, 5) is 40.9. The number of hydrogen-bond acceptors (Lipinski definition) is 8. The molecule has 0 aliphatic heterocycles. The summed E-state index contributed by atoms with van der Waals surface area (Å²) in [6.45, 7) is 6.42. The molecule has 0 aliphatic rings. The van der Waals surface area contributed by atoms with Gasteiger partial charge in [0.25, 0.3) is 11.8 Å². The maximum Gasteiger partial charge on any atom is 0.326 e. The van der Waals surface area contributed by atoms with Crippen LogP contribution in [-0.2, 0) is 16.0 Å². The lowest BCUT2D eigenvalue weighted by molar-refractivity contribution is -0.139. The average Bonchev–Trinajstić information content (AvgIpc) is 3.52. The van der Waals surface area contributed by atoms with Gasteiger partial charge >= 0.3 is 5.97 Å². The number of carbonyl (C=O) groups excluding carboxylic acids is 2. The minimum atomic E-state index is -1.22. The lowest BCUT2D eigenvalue weighted by atomic mass is 9.93. The number of rotatable bonds is 17. The van der Waals surface area contributed by atoms with Gasteiger partial charge in [0, 0.05) is 35.8 Å². The number of hydrogen-bond donors (Lipinski definition) is 3. The van der Waals surface area contributed by atoms with Crippen molar-refractivity contribution in [3.05, 3.63) is 76.4 Å². The molecule has 0 spiro atoms. The number of likely N-dealkylation sites (N-methyl/N-ethyl adjacent to an activating group) is 1. The van der Waals surface area contributed by atoms with Crippen molar-refractivity contribution in [2.45, 2.75) is 65.0 Å². The molecule has 0 saturated heterocycles. The Morgan fingerprint density at radius 3 is 2.43 bits per heavy atom. The maximum absolute atomic E-state index is 13.5. The highest BCUT2D eigenvalue weighted by molar-refractivity contribution is 8.24. The van der Waals surface area contributed by atoms with Gasteiger partial charge in [-0.1, -0.05) is 69.2 Å². The van der Waals surface area contributed by atoms with Crippen LogP contribution in [0.5, 0.6) is 11.5 Å². The van der Waals surface area contributed by atoms with Crippen LogP contribution in [0.25, 0.3) is 17.4 Å². The summed E-state index contributed by atoms with van der Waals surface area (Å²) in [5.74, 6) is -0.244. The number of aromatic hydroxyl groups is 1. The Balaban J connectivity index is 1.83. The average molecular weight is 667 g/mol. The van der Waals surface area contributed by atoms with Crippen molar-refractivity contribution in [3.63, 3.8) is 0 Å². The van der Waals surface area contributed by atoms with E-state index in [9.17, 15) is 24.6 Å². The second-order valence-corrected chi connectivity index (χ2v) is 12.6. The molecular formula is C35H42N2O7S2. The van der Waals surface area contributed by atoms with Gasteiger partial charge < -0.3 is 29.6 Å². The molecule has 0 saturated carbocycles. The van der Waals surface area contributed by atoms with Gasteiger partial charge in [0.1, 0.15) is 29.1 Å². The van der Waals surface area contributed by atoms with Gasteiger partial charge in [0.15, 0.2) is 0 Å². The van der Waals surface area contributed by atoms with Crippen LogP contribution in [-0.4, -0.2) is 63.8 Å². The number of thiocarbonyl (C=S) groups is 1. The number of methoxy groups -OCH3 is 1. The van der Waals surface area contributed by atoms with Gasteiger partial charge in [-0.15, -0.1) is 0 Å². The molecule has 3 N–H and O–H groups in total. The van der Waals surface area contributed by atoms with Gasteiger partial charge in [0.2, 0.25) is 0 Å². The van der Waals surface area contributed by atoms with Gasteiger partial charge in [-0.2, -0.15) is 0 Å². The van der Waals surface area contributed by atoms with Crippen molar-refractivity contribution >= 4 is 52.5 Å². The summed E-state index contributed by atoms with van der Waals surface area (Å²) in [6.07, 6.45) is 5.91. The number of carboxylic acid groups (broad SMARTS) is 1. The van der Waals surface area contributed by atoms with Crippen LogP contribution in [0.2, 0.25) is 0 Å². The number of carbonyl (C=O) groups is 3. The first-order valence-electron chi connectivity index (χ1n) is 15.2. The van der Waals surface area contributed by atoms with Crippen LogP contribution in [0.3, 0.4) is 0 Å². The van der Waals surface area contributed by atoms with Crippen LogP contribution < -0.4 is 10.1 Å². The first-order chi connectivity index (χ1) is 22.0. The quantitative estimate of drug-likeness (QED) is 0.101. The zero-order valence-corrected chi connectivity index (χ0v) is 28.5. The summed E-state index contributed by atoms with van der Waals surface area (Å²) in [5, 5.41) is 21.9. The highest BCUT2D eigenvalue weighted by Crippen LogP contribution is 2.30. The molecule has 0 fully saturated rings. The lowest BCUT2D eigenvalue weighted by Crippen LogP contribution is -2.42. The van der Waals surface area contributed by atoms with Crippen molar-refractivity contribution in [2.75, 3.05) is 14.2 Å². The number of benzene rings is 2. The number of aliphatic carboxylic acids is 1. The van der Waals surface area contributed by atoms with E-state index in [0.29, 0.717) is 33.5 Å². The Morgan fingerprint density at radius 2 is 1.83 bits per heavy atom. The van der Waals surface area contributed by atoms with Gasteiger partial charge in [0.05, 0.1) is 17.6 Å². The largest absolute Gasteiger partial charge is 0.508 e. The third-order valence-electron chi connectivity index (χ3n) is 7.92. The Bertz CT molecular complexity index is 1530. The number of amides is 2. The van der Waals surface area contributed by atoms with Crippen molar-refractivity contribution in [3.8, 4) is 22.8 Å². The zero-order valence-electron chi connectivity index (χ0n) is 26.8. The number of phenols is 1. The minimum absolute atomic E-state index is 0.0178. The molecule has 0 radical (unpaired) electrons.